The summed E-state index contributed by atoms with van der Waals surface area (Å²) in [6, 6.07) is 3.54. The van der Waals surface area contributed by atoms with E-state index in [1.807, 2.05) is 33.8 Å². The Balaban J connectivity index is 1.65. The van der Waals surface area contributed by atoms with E-state index in [0.717, 1.165) is 17.7 Å². The number of hydrogen-bond donors (Lipinski definition) is 3. The van der Waals surface area contributed by atoms with Crippen molar-refractivity contribution in [3.8, 4) is 0 Å². The van der Waals surface area contributed by atoms with Gasteiger partial charge in [-0.2, -0.15) is 4.99 Å². The van der Waals surface area contributed by atoms with Gasteiger partial charge in [0.1, 0.15) is 0 Å². The molecule has 1 atom stereocenters. The van der Waals surface area contributed by atoms with Crippen molar-refractivity contribution in [3.63, 3.8) is 0 Å². The van der Waals surface area contributed by atoms with E-state index in [1.54, 1.807) is 11.0 Å². The standard InChI is InChI=1S/C23H34ClN5O4/c1-13(2)32-23(31)29-6-5-28(11-14(29)3)12-17-7-18(24)10-20(15(17)4)27-22(26)33-21(25)16-8-19(30)9-16/h7,10,13-14,16,19,25,30H,5-6,8-9,11-12H2,1-4H3,(H2,26,27)/t14-,16?,19?/m0/s1. The number of nitrogens with one attached hydrogen (secondary N) is 1. The van der Waals surface area contributed by atoms with Crippen LogP contribution in [-0.4, -0.2) is 70.8 Å². The molecule has 10 heteroatoms. The van der Waals surface area contributed by atoms with Gasteiger partial charge in [0.25, 0.3) is 6.02 Å². The highest BCUT2D eigenvalue weighted by molar-refractivity contribution is 6.31. The number of ether oxygens (including phenoxy) is 2. The number of aliphatic hydroxyl groups excluding tert-OH is 1. The molecule has 2 fully saturated rings. The van der Waals surface area contributed by atoms with E-state index in [2.05, 4.69) is 9.89 Å². The summed E-state index contributed by atoms with van der Waals surface area (Å²) in [5.41, 5.74) is 8.45. The molecule has 0 spiro atoms. The SMILES string of the molecule is Cc1c(CN2CCN(C(=O)OC(C)C)[C@@H](C)C2)cc(Cl)cc1N=C(N)OC(=N)C1CC(O)C1. The minimum absolute atomic E-state index is 0.0179. The largest absolute Gasteiger partial charge is 0.447 e. The molecule has 1 aliphatic heterocycles. The average Bonchev–Trinajstić information content (AvgIpc) is 2.68. The normalized spacial score (nSPS) is 23.9. The third kappa shape index (κ3) is 6.59. The molecule has 4 N–H and O–H groups in total. The number of hydrogen-bond acceptors (Lipinski definition) is 7. The Kier molecular flexibility index (Phi) is 8.20. The first kappa shape index (κ1) is 25.3. The maximum atomic E-state index is 12.3. The fourth-order valence-electron chi connectivity index (χ4n) is 4.10. The number of amidine groups is 1. The van der Waals surface area contributed by atoms with Gasteiger partial charge in [0.2, 0.25) is 0 Å². The maximum absolute atomic E-state index is 12.3. The lowest BCUT2D eigenvalue weighted by Crippen LogP contribution is -2.54. The highest BCUT2D eigenvalue weighted by Crippen LogP contribution is 2.30. The third-order valence-electron chi connectivity index (χ3n) is 6.06. The number of halogens is 1. The molecule has 0 unspecified atom stereocenters. The van der Waals surface area contributed by atoms with E-state index in [4.69, 9.17) is 32.2 Å². The van der Waals surface area contributed by atoms with Crippen molar-refractivity contribution in [3.05, 3.63) is 28.3 Å². The quantitative estimate of drug-likeness (QED) is 0.439. The second-order valence-corrected chi connectivity index (χ2v) is 9.59. The second-order valence-electron chi connectivity index (χ2n) is 9.16. The molecule has 1 aromatic carbocycles. The summed E-state index contributed by atoms with van der Waals surface area (Å²) in [5, 5.41) is 17.9. The van der Waals surface area contributed by atoms with Gasteiger partial charge in [-0.3, -0.25) is 10.3 Å². The summed E-state index contributed by atoms with van der Waals surface area (Å²) in [5.74, 6) is -0.104. The number of nitrogens with zero attached hydrogens (tertiary/aromatic N) is 3. The van der Waals surface area contributed by atoms with Gasteiger partial charge in [-0.25, -0.2) is 4.79 Å². The van der Waals surface area contributed by atoms with Crippen LogP contribution in [0.25, 0.3) is 0 Å². The topological polar surface area (TPSA) is 124 Å². The van der Waals surface area contributed by atoms with Crippen LogP contribution >= 0.6 is 11.6 Å². The molecule has 1 saturated heterocycles. The van der Waals surface area contributed by atoms with Crippen LogP contribution < -0.4 is 5.73 Å². The summed E-state index contributed by atoms with van der Waals surface area (Å²) in [7, 11) is 0. The summed E-state index contributed by atoms with van der Waals surface area (Å²) < 4.78 is 10.7. The zero-order valence-electron chi connectivity index (χ0n) is 19.7. The van der Waals surface area contributed by atoms with Crippen LogP contribution in [0.4, 0.5) is 10.5 Å². The summed E-state index contributed by atoms with van der Waals surface area (Å²) >= 11 is 6.36. The van der Waals surface area contributed by atoms with E-state index >= 15 is 0 Å². The molecule has 0 aromatic heterocycles. The lowest BCUT2D eigenvalue weighted by atomic mass is 9.82. The number of nitrogens with two attached hydrogens (primary N) is 1. The Labute approximate surface area is 200 Å². The molecule has 3 rings (SSSR count). The number of amides is 1. The van der Waals surface area contributed by atoms with Gasteiger partial charge in [-0.05, 0) is 63.8 Å². The molecular weight excluding hydrogens is 446 g/mol. The maximum Gasteiger partial charge on any atom is 0.410 e. The Morgan fingerprint density at radius 1 is 1.36 bits per heavy atom. The fourth-order valence-corrected chi connectivity index (χ4v) is 4.33. The molecule has 1 aliphatic carbocycles. The first-order valence-electron chi connectivity index (χ1n) is 11.3. The molecule has 1 heterocycles. The summed E-state index contributed by atoms with van der Waals surface area (Å²) in [6.07, 6.45) is 0.224. The molecule has 2 aliphatic rings. The zero-order chi connectivity index (χ0) is 24.3. The van der Waals surface area contributed by atoms with E-state index in [9.17, 15) is 9.90 Å². The molecule has 9 nitrogen and oxygen atoms in total. The molecule has 0 radical (unpaired) electrons. The minimum atomic E-state index is -0.375. The predicted molar refractivity (Wildman–Crippen MR) is 128 cm³/mol. The van der Waals surface area contributed by atoms with Crippen LogP contribution in [0.15, 0.2) is 17.1 Å². The van der Waals surface area contributed by atoms with Gasteiger partial charge in [-0.1, -0.05) is 11.6 Å². The molecule has 33 heavy (non-hydrogen) atoms. The second kappa shape index (κ2) is 10.7. The van der Waals surface area contributed by atoms with Crippen LogP contribution in [0.3, 0.4) is 0 Å². The van der Waals surface area contributed by atoms with E-state index in [0.29, 0.717) is 43.2 Å². The van der Waals surface area contributed by atoms with Crippen LogP contribution in [0.2, 0.25) is 5.02 Å². The Morgan fingerprint density at radius 3 is 2.67 bits per heavy atom. The van der Waals surface area contributed by atoms with Gasteiger partial charge < -0.3 is 25.2 Å². The van der Waals surface area contributed by atoms with Gasteiger partial charge >= 0.3 is 6.09 Å². The predicted octanol–water partition coefficient (Wildman–Crippen LogP) is 3.41. The van der Waals surface area contributed by atoms with Crippen LogP contribution in [0, 0.1) is 18.3 Å². The third-order valence-corrected chi connectivity index (χ3v) is 6.28. The lowest BCUT2D eigenvalue weighted by molar-refractivity contribution is 0.0349. The number of benzene rings is 1. The van der Waals surface area contributed by atoms with Crippen LogP contribution in [0.5, 0.6) is 0 Å². The Bertz CT molecular complexity index is 916. The Hall–Kier alpha value is -2.36. The number of carbonyl (C=O) groups excluding carboxylic acids is 1. The lowest BCUT2D eigenvalue weighted by Gasteiger charge is -2.39. The average molecular weight is 480 g/mol. The molecule has 1 saturated carbocycles. The van der Waals surface area contributed by atoms with Gasteiger partial charge in [0.05, 0.1) is 17.9 Å². The summed E-state index contributed by atoms with van der Waals surface area (Å²) in [6.45, 7) is 10.3. The van der Waals surface area contributed by atoms with Crippen molar-refractivity contribution < 1.29 is 19.4 Å². The fraction of sp³-hybridized carbons (Fsp3) is 0.609. The molecule has 1 amide bonds. The van der Waals surface area contributed by atoms with Gasteiger partial charge in [0.15, 0.2) is 5.90 Å². The molecule has 182 valence electrons. The zero-order valence-corrected chi connectivity index (χ0v) is 20.4. The number of aliphatic imine (C=N–C) groups is 1. The molecular formula is C23H34ClN5O4. The molecule has 0 bridgehead atoms. The Morgan fingerprint density at radius 2 is 2.06 bits per heavy atom. The van der Waals surface area contributed by atoms with Crippen molar-refractivity contribution in [2.24, 2.45) is 16.6 Å². The van der Waals surface area contributed by atoms with Gasteiger partial charge in [0, 0.05) is 43.2 Å². The highest BCUT2D eigenvalue weighted by Gasteiger charge is 2.32. The van der Waals surface area contributed by atoms with Crippen LogP contribution in [-0.2, 0) is 16.0 Å². The van der Waals surface area contributed by atoms with Crippen molar-refractivity contribution in [2.45, 2.75) is 65.3 Å². The number of rotatable bonds is 5. The van der Waals surface area contributed by atoms with Crippen LogP contribution in [0.1, 0.15) is 44.7 Å². The van der Waals surface area contributed by atoms with E-state index < -0.39 is 0 Å². The smallest absolute Gasteiger partial charge is 0.410 e. The van der Waals surface area contributed by atoms with E-state index in [-0.39, 0.29) is 42.2 Å². The van der Waals surface area contributed by atoms with Crippen molar-refractivity contribution in [1.29, 1.82) is 5.41 Å². The van der Waals surface area contributed by atoms with Crippen molar-refractivity contribution in [1.82, 2.24) is 9.80 Å². The minimum Gasteiger partial charge on any atom is -0.447 e. The number of piperazine rings is 1. The van der Waals surface area contributed by atoms with E-state index in [1.165, 1.54) is 0 Å². The number of carbonyl (C=O) groups is 1. The molecule has 1 aromatic rings. The van der Waals surface area contributed by atoms with Gasteiger partial charge in [-0.15, -0.1) is 0 Å². The monoisotopic (exact) mass is 479 g/mol. The van der Waals surface area contributed by atoms with Crippen molar-refractivity contribution in [2.75, 3.05) is 19.6 Å². The summed E-state index contributed by atoms with van der Waals surface area (Å²) in [4.78, 5) is 20.7. The van der Waals surface area contributed by atoms with Crippen molar-refractivity contribution >= 4 is 35.3 Å². The number of aliphatic hydroxyl groups is 1. The first-order chi connectivity index (χ1) is 15.5. The first-order valence-corrected chi connectivity index (χ1v) is 11.7. The highest BCUT2D eigenvalue weighted by atomic mass is 35.5.